The first-order chi connectivity index (χ1) is 11.8. The van der Waals surface area contributed by atoms with E-state index in [1.54, 1.807) is 17.8 Å². The molecule has 1 atom stereocenters. The lowest BCUT2D eigenvalue weighted by Crippen LogP contribution is -2.23. The molecule has 1 fully saturated rings. The Hall–Kier alpha value is -2.90. The van der Waals surface area contributed by atoms with E-state index in [1.807, 2.05) is 0 Å². The number of halogens is 1. The Morgan fingerprint density at radius 1 is 1.40 bits per heavy atom. The van der Waals surface area contributed by atoms with Crippen LogP contribution in [0.2, 0.25) is 0 Å². The van der Waals surface area contributed by atoms with Gasteiger partial charge in [-0.1, -0.05) is 0 Å². The number of ether oxygens (including phenoxy) is 1. The molecule has 7 nitrogen and oxygen atoms in total. The first kappa shape index (κ1) is 16.9. The molecule has 25 heavy (non-hydrogen) atoms. The Balaban J connectivity index is 1.70. The number of aliphatic carboxylic acids is 1. The highest BCUT2D eigenvalue weighted by Crippen LogP contribution is 2.40. The normalized spacial score (nSPS) is 14.8. The van der Waals surface area contributed by atoms with E-state index in [1.165, 1.54) is 19.1 Å². The van der Waals surface area contributed by atoms with Gasteiger partial charge in [0, 0.05) is 30.4 Å². The molecule has 0 bridgehead atoms. The number of carbonyl (C=O) groups excluding carboxylic acids is 1. The van der Waals surface area contributed by atoms with Crippen molar-refractivity contribution in [2.45, 2.75) is 31.8 Å². The average Bonchev–Trinajstić information content (AvgIpc) is 3.32. The second kappa shape index (κ2) is 6.54. The second-order valence-electron chi connectivity index (χ2n) is 6.05. The van der Waals surface area contributed by atoms with Gasteiger partial charge in [-0.15, -0.1) is 0 Å². The van der Waals surface area contributed by atoms with E-state index < -0.39 is 23.8 Å². The Labute approximate surface area is 143 Å². The van der Waals surface area contributed by atoms with Crippen LogP contribution in [0.1, 0.15) is 41.9 Å². The Bertz CT molecular complexity index is 829. The third-order valence-corrected chi connectivity index (χ3v) is 3.99. The standard InChI is InChI=1S/C17H18FN3O4/c1-9(17(23)24)25-15-6-5-11(7-12(15)18)19-16(22)13-8-14(10-3-4-10)21(2)20-13/h5-10H,3-4H2,1-2H3,(H,19,22)(H,23,24). The summed E-state index contributed by atoms with van der Waals surface area (Å²) in [7, 11) is 1.79. The molecule has 1 aliphatic rings. The summed E-state index contributed by atoms with van der Waals surface area (Å²) in [6, 6.07) is 5.54. The van der Waals surface area contributed by atoms with Crippen molar-refractivity contribution in [1.82, 2.24) is 9.78 Å². The fourth-order valence-corrected chi connectivity index (χ4v) is 2.46. The third kappa shape index (κ3) is 3.78. The number of anilines is 1. The summed E-state index contributed by atoms with van der Waals surface area (Å²) in [6.07, 6.45) is 1.02. The van der Waals surface area contributed by atoms with Gasteiger partial charge in [-0.3, -0.25) is 9.48 Å². The number of carboxylic acids is 1. The van der Waals surface area contributed by atoms with E-state index >= 15 is 0 Å². The molecule has 0 spiro atoms. The smallest absolute Gasteiger partial charge is 0.344 e. The average molecular weight is 347 g/mol. The van der Waals surface area contributed by atoms with Gasteiger partial charge in [0.15, 0.2) is 23.4 Å². The van der Waals surface area contributed by atoms with Crippen LogP contribution in [0.25, 0.3) is 0 Å². The summed E-state index contributed by atoms with van der Waals surface area (Å²) in [4.78, 5) is 23.0. The lowest BCUT2D eigenvalue weighted by atomic mass is 10.2. The van der Waals surface area contributed by atoms with Gasteiger partial charge >= 0.3 is 5.97 Å². The van der Waals surface area contributed by atoms with Crippen LogP contribution >= 0.6 is 0 Å². The van der Waals surface area contributed by atoms with Crippen molar-refractivity contribution in [2.24, 2.45) is 7.05 Å². The van der Waals surface area contributed by atoms with Crippen LogP contribution in [0.3, 0.4) is 0 Å². The van der Waals surface area contributed by atoms with Gasteiger partial charge in [0.25, 0.3) is 5.91 Å². The molecule has 1 aliphatic carbocycles. The molecule has 2 aromatic rings. The molecule has 1 aromatic heterocycles. The molecule has 1 unspecified atom stereocenters. The largest absolute Gasteiger partial charge is 0.479 e. The van der Waals surface area contributed by atoms with Gasteiger partial charge < -0.3 is 15.2 Å². The van der Waals surface area contributed by atoms with Crippen molar-refractivity contribution >= 4 is 17.6 Å². The zero-order valence-corrected chi connectivity index (χ0v) is 13.8. The molecule has 132 valence electrons. The number of nitrogens with zero attached hydrogens (tertiary/aromatic N) is 2. The van der Waals surface area contributed by atoms with Crippen LogP contribution in [0.15, 0.2) is 24.3 Å². The molecule has 1 amide bonds. The van der Waals surface area contributed by atoms with Crippen molar-refractivity contribution in [3.63, 3.8) is 0 Å². The number of carbonyl (C=O) groups is 2. The summed E-state index contributed by atoms with van der Waals surface area (Å²) in [6.45, 7) is 1.30. The van der Waals surface area contributed by atoms with Crippen LogP contribution < -0.4 is 10.1 Å². The highest BCUT2D eigenvalue weighted by Gasteiger charge is 2.28. The summed E-state index contributed by atoms with van der Waals surface area (Å²) in [5, 5.41) is 15.6. The van der Waals surface area contributed by atoms with Crippen LogP contribution in [0.5, 0.6) is 5.75 Å². The lowest BCUT2D eigenvalue weighted by molar-refractivity contribution is -0.144. The van der Waals surface area contributed by atoms with Crippen molar-refractivity contribution < 1.29 is 23.8 Å². The number of amides is 1. The van der Waals surface area contributed by atoms with Crippen LogP contribution in [-0.4, -0.2) is 32.9 Å². The predicted molar refractivity (Wildman–Crippen MR) is 87.3 cm³/mol. The van der Waals surface area contributed by atoms with Crippen molar-refractivity contribution in [2.75, 3.05) is 5.32 Å². The third-order valence-electron chi connectivity index (χ3n) is 3.99. The zero-order chi connectivity index (χ0) is 18.1. The van der Waals surface area contributed by atoms with Crippen LogP contribution in [0.4, 0.5) is 10.1 Å². The molecule has 2 N–H and O–H groups in total. The molecule has 0 radical (unpaired) electrons. The molecule has 0 saturated heterocycles. The zero-order valence-electron chi connectivity index (χ0n) is 13.8. The van der Waals surface area contributed by atoms with Gasteiger partial charge in [-0.2, -0.15) is 5.10 Å². The molecular formula is C17H18FN3O4. The molecule has 8 heteroatoms. The molecule has 3 rings (SSSR count). The molecular weight excluding hydrogens is 329 g/mol. The first-order valence-electron chi connectivity index (χ1n) is 7.89. The van der Waals surface area contributed by atoms with E-state index in [0.717, 1.165) is 24.6 Å². The minimum absolute atomic E-state index is 0.193. The quantitative estimate of drug-likeness (QED) is 0.837. The van der Waals surface area contributed by atoms with Crippen molar-refractivity contribution in [1.29, 1.82) is 0 Å². The predicted octanol–water partition coefficient (Wildman–Crippen LogP) is 2.54. The van der Waals surface area contributed by atoms with E-state index in [2.05, 4.69) is 10.4 Å². The second-order valence-corrected chi connectivity index (χ2v) is 6.05. The minimum atomic E-state index is -1.20. The first-order valence-corrected chi connectivity index (χ1v) is 7.89. The SMILES string of the molecule is CC(Oc1ccc(NC(=O)c2cc(C3CC3)n(C)n2)cc1F)C(=O)O. The number of rotatable bonds is 6. The highest BCUT2D eigenvalue weighted by molar-refractivity contribution is 6.03. The van der Waals surface area contributed by atoms with E-state index in [-0.39, 0.29) is 17.1 Å². The van der Waals surface area contributed by atoms with Crippen LogP contribution in [-0.2, 0) is 11.8 Å². The number of carboxylic acid groups (broad SMARTS) is 1. The topological polar surface area (TPSA) is 93.5 Å². The number of benzene rings is 1. The van der Waals surface area contributed by atoms with Crippen molar-refractivity contribution in [3.05, 3.63) is 41.5 Å². The van der Waals surface area contributed by atoms with Gasteiger partial charge in [0.1, 0.15) is 0 Å². The van der Waals surface area contributed by atoms with Crippen molar-refractivity contribution in [3.8, 4) is 5.75 Å². The Morgan fingerprint density at radius 2 is 2.12 bits per heavy atom. The fourth-order valence-electron chi connectivity index (χ4n) is 2.46. The monoisotopic (exact) mass is 347 g/mol. The van der Waals surface area contributed by atoms with E-state index in [9.17, 15) is 14.0 Å². The van der Waals surface area contributed by atoms with Gasteiger partial charge in [-0.25, -0.2) is 9.18 Å². The molecule has 0 aliphatic heterocycles. The fraction of sp³-hybridized carbons (Fsp3) is 0.353. The highest BCUT2D eigenvalue weighted by atomic mass is 19.1. The number of hydrogen-bond acceptors (Lipinski definition) is 4. The maximum atomic E-state index is 14.0. The number of aromatic nitrogens is 2. The molecule has 1 saturated carbocycles. The summed E-state index contributed by atoms with van der Waals surface area (Å²) in [5.41, 5.74) is 1.52. The lowest BCUT2D eigenvalue weighted by Gasteiger charge is -2.12. The summed E-state index contributed by atoms with van der Waals surface area (Å²) in [5.74, 6) is -2.12. The van der Waals surface area contributed by atoms with Gasteiger partial charge in [0.2, 0.25) is 0 Å². The number of hydrogen-bond donors (Lipinski definition) is 2. The minimum Gasteiger partial charge on any atom is -0.479 e. The molecule has 1 heterocycles. The maximum absolute atomic E-state index is 14.0. The summed E-state index contributed by atoms with van der Waals surface area (Å²) < 4.78 is 20.7. The number of aryl methyl sites for hydroxylation is 1. The van der Waals surface area contributed by atoms with Crippen LogP contribution in [0, 0.1) is 5.82 Å². The van der Waals surface area contributed by atoms with Gasteiger partial charge in [-0.05, 0) is 38.0 Å². The van der Waals surface area contributed by atoms with E-state index in [0.29, 0.717) is 5.92 Å². The van der Waals surface area contributed by atoms with Gasteiger partial charge in [0.05, 0.1) is 0 Å². The maximum Gasteiger partial charge on any atom is 0.344 e. The number of nitrogens with one attached hydrogen (secondary N) is 1. The van der Waals surface area contributed by atoms with E-state index in [4.69, 9.17) is 9.84 Å². The molecule has 1 aromatic carbocycles. The Kier molecular flexibility index (Phi) is 4.43. The summed E-state index contributed by atoms with van der Waals surface area (Å²) >= 11 is 0. The Morgan fingerprint density at radius 3 is 2.72 bits per heavy atom.